The smallest absolute Gasteiger partial charge is 0.0671 e. The average molecular weight is 203 g/mol. The van der Waals surface area contributed by atoms with Gasteiger partial charge < -0.3 is 10.6 Å². The number of nitrogen functional groups attached to an aromatic ring is 1. The van der Waals surface area contributed by atoms with Crippen molar-refractivity contribution in [1.82, 2.24) is 0 Å². The van der Waals surface area contributed by atoms with Crippen LogP contribution in [-0.4, -0.2) is 13.1 Å². The van der Waals surface area contributed by atoms with Crippen LogP contribution in [0.5, 0.6) is 0 Å². The Kier molecular flexibility index (Phi) is 3.99. The molecule has 0 heterocycles. The van der Waals surface area contributed by atoms with E-state index in [1.54, 1.807) is 0 Å². The van der Waals surface area contributed by atoms with Gasteiger partial charge in [0.15, 0.2) is 0 Å². The van der Waals surface area contributed by atoms with Crippen molar-refractivity contribution in [3.05, 3.63) is 24.3 Å². The van der Waals surface area contributed by atoms with Gasteiger partial charge in [-0.2, -0.15) is 5.26 Å². The fourth-order valence-electron chi connectivity index (χ4n) is 1.47. The second kappa shape index (κ2) is 5.26. The zero-order valence-electron chi connectivity index (χ0n) is 9.27. The van der Waals surface area contributed by atoms with Gasteiger partial charge in [-0.1, -0.05) is 0 Å². The summed E-state index contributed by atoms with van der Waals surface area (Å²) in [6.45, 7) is 5.67. The van der Waals surface area contributed by atoms with E-state index in [4.69, 9.17) is 11.0 Å². The number of hydrogen-bond acceptors (Lipinski definition) is 3. The summed E-state index contributed by atoms with van der Waals surface area (Å²) in [5.41, 5.74) is 7.51. The van der Waals surface area contributed by atoms with Crippen LogP contribution in [0, 0.1) is 17.2 Å². The van der Waals surface area contributed by atoms with Gasteiger partial charge in [-0.25, -0.2) is 0 Å². The molecular formula is C12H17N3. The lowest BCUT2D eigenvalue weighted by molar-refractivity contribution is 0.686. The molecule has 0 aliphatic carbocycles. The number of rotatable bonds is 4. The molecule has 0 aromatic heterocycles. The summed E-state index contributed by atoms with van der Waals surface area (Å²) >= 11 is 0. The Bertz CT molecular complexity index is 337. The molecular weight excluding hydrogens is 186 g/mol. The van der Waals surface area contributed by atoms with E-state index in [0.717, 1.165) is 24.5 Å². The molecule has 0 amide bonds. The van der Waals surface area contributed by atoms with Gasteiger partial charge in [0.2, 0.25) is 0 Å². The van der Waals surface area contributed by atoms with Gasteiger partial charge in [0.05, 0.1) is 12.0 Å². The van der Waals surface area contributed by atoms with Gasteiger partial charge in [0.25, 0.3) is 0 Å². The minimum Gasteiger partial charge on any atom is -0.399 e. The first-order chi connectivity index (χ1) is 7.17. The molecule has 0 aliphatic rings. The van der Waals surface area contributed by atoms with Crippen LogP contribution in [0.4, 0.5) is 11.4 Å². The normalized spacial score (nSPS) is 11.8. The Morgan fingerprint density at radius 1 is 1.40 bits per heavy atom. The lowest BCUT2D eigenvalue weighted by Crippen LogP contribution is -2.27. The average Bonchev–Trinajstić information content (AvgIpc) is 2.27. The molecule has 0 radical (unpaired) electrons. The van der Waals surface area contributed by atoms with Gasteiger partial charge in [0.1, 0.15) is 0 Å². The zero-order valence-corrected chi connectivity index (χ0v) is 9.27. The maximum Gasteiger partial charge on any atom is 0.0671 e. The molecule has 0 spiro atoms. The minimum absolute atomic E-state index is 0.0440. The summed E-state index contributed by atoms with van der Waals surface area (Å²) in [6, 6.07) is 9.99. The van der Waals surface area contributed by atoms with E-state index in [9.17, 15) is 0 Å². The summed E-state index contributed by atoms with van der Waals surface area (Å²) in [4.78, 5) is 2.17. The van der Waals surface area contributed by atoms with Crippen molar-refractivity contribution < 1.29 is 0 Å². The number of nitrogens with zero attached hydrogens (tertiary/aromatic N) is 2. The van der Waals surface area contributed by atoms with Crippen LogP contribution in [0.2, 0.25) is 0 Å². The summed E-state index contributed by atoms with van der Waals surface area (Å²) in [7, 11) is 0. The standard InChI is InChI=1S/C12H17N3/c1-3-15(9-10(2)8-13)12-6-4-11(14)5-7-12/h4-7,10H,3,9,14H2,1-2H3. The second-order valence-electron chi connectivity index (χ2n) is 3.66. The van der Waals surface area contributed by atoms with Crippen molar-refractivity contribution in [1.29, 1.82) is 5.26 Å². The monoisotopic (exact) mass is 203 g/mol. The fraction of sp³-hybridized carbons (Fsp3) is 0.417. The van der Waals surface area contributed by atoms with Crippen LogP contribution >= 0.6 is 0 Å². The fourth-order valence-corrected chi connectivity index (χ4v) is 1.47. The first kappa shape index (κ1) is 11.4. The Morgan fingerprint density at radius 3 is 2.47 bits per heavy atom. The van der Waals surface area contributed by atoms with Crippen molar-refractivity contribution in [2.24, 2.45) is 5.92 Å². The maximum absolute atomic E-state index is 8.77. The molecule has 3 heteroatoms. The summed E-state index contributed by atoms with van der Waals surface area (Å²) in [5, 5.41) is 8.77. The van der Waals surface area contributed by atoms with Gasteiger partial charge >= 0.3 is 0 Å². The lowest BCUT2D eigenvalue weighted by Gasteiger charge is -2.24. The van der Waals surface area contributed by atoms with Crippen LogP contribution in [0.25, 0.3) is 0 Å². The van der Waals surface area contributed by atoms with Crippen LogP contribution in [0.3, 0.4) is 0 Å². The highest BCUT2D eigenvalue weighted by Gasteiger charge is 2.08. The third kappa shape index (κ3) is 3.17. The number of benzene rings is 1. The third-order valence-corrected chi connectivity index (χ3v) is 2.35. The summed E-state index contributed by atoms with van der Waals surface area (Å²) in [6.07, 6.45) is 0. The first-order valence-corrected chi connectivity index (χ1v) is 5.17. The number of hydrogen-bond donors (Lipinski definition) is 1. The molecule has 1 aromatic carbocycles. The van der Waals surface area contributed by atoms with E-state index < -0.39 is 0 Å². The summed E-state index contributed by atoms with van der Waals surface area (Å²) < 4.78 is 0. The van der Waals surface area contributed by atoms with Crippen molar-refractivity contribution in [3.8, 4) is 6.07 Å². The second-order valence-corrected chi connectivity index (χ2v) is 3.66. The number of nitriles is 1. The number of anilines is 2. The van der Waals surface area contributed by atoms with Crippen molar-refractivity contribution in [2.45, 2.75) is 13.8 Å². The van der Waals surface area contributed by atoms with Gasteiger partial charge in [-0.15, -0.1) is 0 Å². The van der Waals surface area contributed by atoms with Crippen LogP contribution in [0.15, 0.2) is 24.3 Å². The topological polar surface area (TPSA) is 53.0 Å². The quantitative estimate of drug-likeness (QED) is 0.764. The Labute approximate surface area is 91.1 Å². The van der Waals surface area contributed by atoms with E-state index in [1.165, 1.54) is 0 Å². The molecule has 1 atom stereocenters. The predicted molar refractivity (Wildman–Crippen MR) is 63.5 cm³/mol. The Balaban J connectivity index is 2.75. The van der Waals surface area contributed by atoms with Crippen LogP contribution in [0.1, 0.15) is 13.8 Å². The highest BCUT2D eigenvalue weighted by molar-refractivity contribution is 5.53. The highest BCUT2D eigenvalue weighted by Crippen LogP contribution is 2.17. The lowest BCUT2D eigenvalue weighted by atomic mass is 10.1. The van der Waals surface area contributed by atoms with Crippen molar-refractivity contribution in [3.63, 3.8) is 0 Å². The van der Waals surface area contributed by atoms with Crippen LogP contribution in [-0.2, 0) is 0 Å². The predicted octanol–water partition coefficient (Wildman–Crippen LogP) is 2.25. The Hall–Kier alpha value is -1.69. The zero-order chi connectivity index (χ0) is 11.3. The van der Waals surface area contributed by atoms with Crippen LogP contribution < -0.4 is 10.6 Å². The van der Waals surface area contributed by atoms with E-state index in [0.29, 0.717) is 0 Å². The molecule has 80 valence electrons. The molecule has 0 saturated heterocycles. The molecule has 0 aliphatic heterocycles. The van der Waals surface area contributed by atoms with E-state index >= 15 is 0 Å². The maximum atomic E-state index is 8.77. The molecule has 1 aromatic rings. The SMILES string of the molecule is CCN(CC(C)C#N)c1ccc(N)cc1. The molecule has 1 rings (SSSR count). The molecule has 3 nitrogen and oxygen atoms in total. The van der Waals surface area contributed by atoms with Crippen molar-refractivity contribution >= 4 is 11.4 Å². The molecule has 0 fully saturated rings. The molecule has 15 heavy (non-hydrogen) atoms. The van der Waals surface area contributed by atoms with E-state index in [2.05, 4.69) is 17.9 Å². The minimum atomic E-state index is 0.0440. The van der Waals surface area contributed by atoms with Gasteiger partial charge in [0, 0.05) is 24.5 Å². The molecule has 0 saturated carbocycles. The molecule has 1 unspecified atom stereocenters. The van der Waals surface area contributed by atoms with E-state index in [-0.39, 0.29) is 5.92 Å². The van der Waals surface area contributed by atoms with Crippen molar-refractivity contribution in [2.75, 3.05) is 23.7 Å². The summed E-state index contributed by atoms with van der Waals surface area (Å²) in [5.74, 6) is 0.0440. The number of nitrogens with two attached hydrogens (primary N) is 1. The molecule has 2 N–H and O–H groups in total. The highest BCUT2D eigenvalue weighted by atomic mass is 15.1. The van der Waals surface area contributed by atoms with Gasteiger partial charge in [-0.05, 0) is 38.1 Å². The Morgan fingerprint density at radius 2 is 2.00 bits per heavy atom. The third-order valence-electron chi connectivity index (χ3n) is 2.35. The first-order valence-electron chi connectivity index (χ1n) is 5.17. The largest absolute Gasteiger partial charge is 0.399 e. The van der Waals surface area contributed by atoms with E-state index in [1.807, 2.05) is 31.2 Å². The molecule has 0 bridgehead atoms. The van der Waals surface area contributed by atoms with Gasteiger partial charge in [-0.3, -0.25) is 0 Å².